The molecule has 15 heavy (non-hydrogen) atoms. The summed E-state index contributed by atoms with van der Waals surface area (Å²) in [6.45, 7) is 0. The van der Waals surface area contributed by atoms with E-state index in [0.717, 1.165) is 10.0 Å². The van der Waals surface area contributed by atoms with E-state index in [0.29, 0.717) is 16.7 Å². The van der Waals surface area contributed by atoms with Crippen molar-refractivity contribution in [2.45, 2.75) is 5.88 Å². The standard InChI is InChI=1S/C9H5BrCl2N2O/c10-6-3-5(1-2-7(6)12)9-13-8(4-11)15-14-9/h1-3H,4H2. The summed E-state index contributed by atoms with van der Waals surface area (Å²) in [5.41, 5.74) is 0.825. The van der Waals surface area contributed by atoms with Crippen LogP contribution in [0.1, 0.15) is 5.89 Å². The maximum atomic E-state index is 5.87. The molecule has 0 N–H and O–H groups in total. The first-order valence-corrected chi connectivity index (χ1v) is 5.75. The summed E-state index contributed by atoms with van der Waals surface area (Å²) < 4.78 is 5.69. The van der Waals surface area contributed by atoms with Gasteiger partial charge in [-0.05, 0) is 34.1 Å². The number of aromatic nitrogens is 2. The summed E-state index contributed by atoms with van der Waals surface area (Å²) >= 11 is 14.7. The highest BCUT2D eigenvalue weighted by molar-refractivity contribution is 9.10. The second kappa shape index (κ2) is 4.51. The largest absolute Gasteiger partial charge is 0.338 e. The van der Waals surface area contributed by atoms with Gasteiger partial charge in [0.2, 0.25) is 11.7 Å². The van der Waals surface area contributed by atoms with Crippen LogP contribution < -0.4 is 0 Å². The fourth-order valence-electron chi connectivity index (χ4n) is 1.06. The molecule has 2 rings (SSSR count). The number of hydrogen-bond donors (Lipinski definition) is 0. The maximum Gasteiger partial charge on any atom is 0.241 e. The minimum Gasteiger partial charge on any atom is -0.338 e. The summed E-state index contributed by atoms with van der Waals surface area (Å²) in [4.78, 5) is 4.10. The van der Waals surface area contributed by atoms with E-state index < -0.39 is 0 Å². The Kier molecular flexibility index (Phi) is 3.29. The lowest BCUT2D eigenvalue weighted by Crippen LogP contribution is -1.82. The quantitative estimate of drug-likeness (QED) is 0.790. The minimum absolute atomic E-state index is 0.210. The minimum atomic E-state index is 0.210. The molecule has 0 atom stereocenters. The van der Waals surface area contributed by atoms with Gasteiger partial charge in [0.15, 0.2) is 0 Å². The van der Waals surface area contributed by atoms with Crippen molar-refractivity contribution in [2.24, 2.45) is 0 Å². The Morgan fingerprint density at radius 2 is 2.20 bits per heavy atom. The van der Waals surface area contributed by atoms with E-state index in [9.17, 15) is 0 Å². The molecule has 0 saturated heterocycles. The van der Waals surface area contributed by atoms with Crippen LogP contribution in [0.5, 0.6) is 0 Å². The molecule has 2 aromatic rings. The summed E-state index contributed by atoms with van der Waals surface area (Å²) in [7, 11) is 0. The Bertz CT molecular complexity index is 487. The van der Waals surface area contributed by atoms with Crippen molar-refractivity contribution < 1.29 is 4.52 Å². The molecule has 6 heteroatoms. The van der Waals surface area contributed by atoms with Crippen LogP contribution in [0.3, 0.4) is 0 Å². The Morgan fingerprint density at radius 1 is 1.40 bits per heavy atom. The van der Waals surface area contributed by atoms with E-state index in [4.69, 9.17) is 27.7 Å². The molecule has 3 nitrogen and oxygen atoms in total. The molecule has 0 unspecified atom stereocenters. The van der Waals surface area contributed by atoms with Gasteiger partial charge in [-0.2, -0.15) is 4.98 Å². The van der Waals surface area contributed by atoms with Crippen molar-refractivity contribution in [3.8, 4) is 11.4 Å². The highest BCUT2D eigenvalue weighted by Gasteiger charge is 2.08. The van der Waals surface area contributed by atoms with Gasteiger partial charge in [0.1, 0.15) is 5.88 Å². The number of halogens is 3. The van der Waals surface area contributed by atoms with Crippen molar-refractivity contribution in [1.29, 1.82) is 0 Å². The molecule has 0 saturated carbocycles. The zero-order chi connectivity index (χ0) is 10.8. The van der Waals surface area contributed by atoms with Crippen LogP contribution in [0.25, 0.3) is 11.4 Å². The first kappa shape index (κ1) is 10.9. The average Bonchev–Trinajstić information content (AvgIpc) is 2.70. The molecule has 0 aliphatic rings. The fourth-order valence-corrected chi connectivity index (χ4v) is 1.67. The number of hydrogen-bond acceptors (Lipinski definition) is 3. The van der Waals surface area contributed by atoms with E-state index >= 15 is 0 Å². The summed E-state index contributed by atoms with van der Waals surface area (Å²) in [6.07, 6.45) is 0. The predicted molar refractivity (Wildman–Crippen MR) is 62.0 cm³/mol. The van der Waals surface area contributed by atoms with E-state index in [2.05, 4.69) is 26.1 Å². The van der Waals surface area contributed by atoms with Crippen molar-refractivity contribution in [2.75, 3.05) is 0 Å². The molecule has 78 valence electrons. The van der Waals surface area contributed by atoms with Crippen LogP contribution in [0.2, 0.25) is 5.02 Å². The molecule has 0 aliphatic heterocycles. The third-order valence-corrected chi connectivity index (χ3v) is 3.20. The average molecular weight is 308 g/mol. The summed E-state index contributed by atoms with van der Waals surface area (Å²) in [6, 6.07) is 5.40. The van der Waals surface area contributed by atoms with Gasteiger partial charge in [0, 0.05) is 10.0 Å². The Morgan fingerprint density at radius 3 is 2.80 bits per heavy atom. The lowest BCUT2D eigenvalue weighted by molar-refractivity contribution is 0.391. The van der Waals surface area contributed by atoms with Gasteiger partial charge in [-0.25, -0.2) is 0 Å². The molecule has 1 heterocycles. The van der Waals surface area contributed by atoms with Crippen molar-refractivity contribution in [1.82, 2.24) is 10.1 Å². The lowest BCUT2D eigenvalue weighted by atomic mass is 10.2. The van der Waals surface area contributed by atoms with Crippen molar-refractivity contribution in [3.05, 3.63) is 33.6 Å². The zero-order valence-corrected chi connectivity index (χ0v) is 10.5. The number of nitrogens with zero attached hydrogens (tertiary/aromatic N) is 2. The van der Waals surface area contributed by atoms with Crippen molar-refractivity contribution in [3.63, 3.8) is 0 Å². The molecule has 0 bridgehead atoms. The molecule has 0 spiro atoms. The molecule has 0 amide bonds. The van der Waals surface area contributed by atoms with Crippen molar-refractivity contribution >= 4 is 39.1 Å². The molecular weight excluding hydrogens is 303 g/mol. The fraction of sp³-hybridized carbons (Fsp3) is 0.111. The van der Waals surface area contributed by atoms with Gasteiger partial charge in [0.05, 0.1) is 5.02 Å². The maximum absolute atomic E-state index is 5.87. The highest BCUT2D eigenvalue weighted by atomic mass is 79.9. The smallest absolute Gasteiger partial charge is 0.241 e. The Balaban J connectivity index is 2.40. The predicted octanol–water partition coefficient (Wildman–Crippen LogP) is 3.89. The van der Waals surface area contributed by atoms with Gasteiger partial charge in [-0.1, -0.05) is 16.8 Å². The third-order valence-electron chi connectivity index (χ3n) is 1.76. The Labute approximate surface area is 105 Å². The van der Waals surface area contributed by atoms with Crippen LogP contribution >= 0.6 is 39.1 Å². The zero-order valence-electron chi connectivity index (χ0n) is 7.38. The third kappa shape index (κ3) is 2.33. The second-order valence-corrected chi connectivity index (χ2v) is 4.30. The topological polar surface area (TPSA) is 38.9 Å². The molecule has 1 aromatic heterocycles. The Hall–Kier alpha value is -0.580. The molecule has 1 aromatic carbocycles. The first-order chi connectivity index (χ1) is 7.20. The summed E-state index contributed by atoms with van der Waals surface area (Å²) in [5, 5.41) is 4.43. The number of benzene rings is 1. The summed E-state index contributed by atoms with van der Waals surface area (Å²) in [5.74, 6) is 1.11. The van der Waals surface area contributed by atoms with Gasteiger partial charge in [0.25, 0.3) is 0 Å². The molecule has 0 radical (unpaired) electrons. The van der Waals surface area contributed by atoms with E-state index in [1.165, 1.54) is 0 Å². The second-order valence-electron chi connectivity index (χ2n) is 2.77. The SMILES string of the molecule is ClCc1nc(-c2ccc(Cl)c(Br)c2)no1. The van der Waals surface area contributed by atoms with Crippen LogP contribution in [0.4, 0.5) is 0 Å². The van der Waals surface area contributed by atoms with E-state index in [-0.39, 0.29) is 5.88 Å². The highest BCUT2D eigenvalue weighted by Crippen LogP contribution is 2.27. The van der Waals surface area contributed by atoms with Gasteiger partial charge < -0.3 is 4.52 Å². The van der Waals surface area contributed by atoms with Crippen LogP contribution in [-0.2, 0) is 5.88 Å². The van der Waals surface area contributed by atoms with Crippen LogP contribution in [-0.4, -0.2) is 10.1 Å². The first-order valence-electron chi connectivity index (χ1n) is 4.04. The van der Waals surface area contributed by atoms with E-state index in [1.54, 1.807) is 6.07 Å². The van der Waals surface area contributed by atoms with Gasteiger partial charge in [-0.3, -0.25) is 0 Å². The van der Waals surface area contributed by atoms with E-state index in [1.807, 2.05) is 12.1 Å². The molecule has 0 fully saturated rings. The van der Waals surface area contributed by atoms with Crippen LogP contribution in [0, 0.1) is 0 Å². The normalized spacial score (nSPS) is 10.6. The number of alkyl halides is 1. The number of rotatable bonds is 2. The molecular formula is C9H5BrCl2N2O. The monoisotopic (exact) mass is 306 g/mol. The van der Waals surface area contributed by atoms with Gasteiger partial charge in [-0.15, -0.1) is 11.6 Å². The van der Waals surface area contributed by atoms with Gasteiger partial charge >= 0.3 is 0 Å². The van der Waals surface area contributed by atoms with Crippen LogP contribution in [0.15, 0.2) is 27.2 Å². The lowest BCUT2D eigenvalue weighted by Gasteiger charge is -1.97. The molecule has 0 aliphatic carbocycles.